The molecule has 0 aromatic carbocycles. The summed E-state index contributed by atoms with van der Waals surface area (Å²) < 4.78 is 0. The lowest BCUT2D eigenvalue weighted by Crippen LogP contribution is -2.36. The van der Waals surface area contributed by atoms with Crippen LogP contribution in [0.3, 0.4) is 0 Å². The van der Waals surface area contributed by atoms with Gasteiger partial charge in [-0.3, -0.25) is 0 Å². The molecule has 3 nitrogen and oxygen atoms in total. The molecular weight excluding hydrogens is 384 g/mol. The first-order valence-electron chi connectivity index (χ1n) is 12.6. The Kier molecular flexibility index (Phi) is 7.61. The molecule has 0 amide bonds. The smallest absolute Gasteiger partial charge is 0.0809 e. The molecule has 3 saturated carbocycles. The number of hydrogen-bond acceptors (Lipinski definition) is 3. The van der Waals surface area contributed by atoms with E-state index in [0.29, 0.717) is 41.6 Å². The first kappa shape index (κ1) is 24.7. The van der Waals surface area contributed by atoms with Gasteiger partial charge in [0.1, 0.15) is 0 Å². The quantitative estimate of drug-likeness (QED) is 0.456. The van der Waals surface area contributed by atoms with Crippen molar-refractivity contribution in [3.63, 3.8) is 0 Å². The second-order valence-electron chi connectivity index (χ2n) is 11.8. The number of aliphatic hydroxyl groups is 3. The van der Waals surface area contributed by atoms with Gasteiger partial charge in [0, 0.05) is 0 Å². The van der Waals surface area contributed by atoms with Crippen molar-refractivity contribution < 1.29 is 15.3 Å². The highest BCUT2D eigenvalue weighted by Crippen LogP contribution is 2.60. The second-order valence-corrected chi connectivity index (χ2v) is 11.8. The molecule has 0 radical (unpaired) electrons. The molecule has 0 aromatic rings. The zero-order chi connectivity index (χ0) is 23.0. The van der Waals surface area contributed by atoms with Crippen LogP contribution in [0.15, 0.2) is 35.5 Å². The fourth-order valence-electron chi connectivity index (χ4n) is 6.71. The normalized spacial score (nSPS) is 39.0. The maximum atomic E-state index is 10.3. The molecule has 3 N–H and O–H groups in total. The summed E-state index contributed by atoms with van der Waals surface area (Å²) in [6.07, 6.45) is 13.1. The van der Waals surface area contributed by atoms with Crippen LogP contribution in [0.5, 0.6) is 0 Å². The number of rotatable bonds is 6. The van der Waals surface area contributed by atoms with E-state index >= 15 is 0 Å². The first-order valence-corrected chi connectivity index (χ1v) is 12.6. The maximum absolute atomic E-state index is 10.3. The third-order valence-corrected chi connectivity index (χ3v) is 9.29. The van der Waals surface area contributed by atoms with Gasteiger partial charge in [-0.15, -0.1) is 0 Å². The Morgan fingerprint density at radius 2 is 1.74 bits per heavy atom. The fourth-order valence-corrected chi connectivity index (χ4v) is 6.71. The summed E-state index contributed by atoms with van der Waals surface area (Å²) in [5, 5.41) is 30.6. The number of fused-ring (bicyclic) bond motifs is 1. The van der Waals surface area contributed by atoms with Gasteiger partial charge in [0.05, 0.1) is 17.8 Å². The molecule has 0 heterocycles. The topological polar surface area (TPSA) is 60.7 Å². The standard InChI is InChI=1S/C28H46O3/c1-18(9-10-19(2)27(4,5)31)23-13-14-24-22(8-7-15-28(23,24)6)12-11-21-16-25(29)20(3)26(30)17-21/h11-12,18-19,23-26,29-31H,3,7-10,13-17H2,1-2,4-6H3/b21-11?,22-12+/t18-,19?,23?,24?,25-,26?,28?/m1/s1. The van der Waals surface area contributed by atoms with Gasteiger partial charge >= 0.3 is 0 Å². The zero-order valence-electron chi connectivity index (χ0n) is 20.5. The maximum Gasteiger partial charge on any atom is 0.0809 e. The van der Waals surface area contributed by atoms with Crippen molar-refractivity contribution in [3.8, 4) is 0 Å². The van der Waals surface area contributed by atoms with Crippen LogP contribution < -0.4 is 0 Å². The van der Waals surface area contributed by atoms with Gasteiger partial charge < -0.3 is 15.3 Å². The van der Waals surface area contributed by atoms with E-state index in [0.717, 1.165) is 17.9 Å². The van der Waals surface area contributed by atoms with Crippen LogP contribution >= 0.6 is 0 Å². The molecule has 3 aliphatic rings. The van der Waals surface area contributed by atoms with Crippen molar-refractivity contribution in [2.75, 3.05) is 0 Å². The molecule has 0 aliphatic heterocycles. The summed E-state index contributed by atoms with van der Waals surface area (Å²) >= 11 is 0. The Bertz CT molecular complexity index is 696. The molecular formula is C28H46O3. The summed E-state index contributed by atoms with van der Waals surface area (Å²) in [5.41, 5.74) is 3.05. The van der Waals surface area contributed by atoms with Crippen molar-refractivity contribution in [1.29, 1.82) is 0 Å². The first-order chi connectivity index (χ1) is 14.4. The minimum absolute atomic E-state index is 0.325. The molecule has 5 unspecified atom stereocenters. The van der Waals surface area contributed by atoms with Crippen molar-refractivity contribution in [3.05, 3.63) is 35.5 Å². The van der Waals surface area contributed by atoms with Crippen molar-refractivity contribution >= 4 is 0 Å². The Morgan fingerprint density at radius 1 is 1.10 bits per heavy atom. The van der Waals surface area contributed by atoms with E-state index < -0.39 is 17.8 Å². The number of aliphatic hydroxyl groups excluding tert-OH is 2. The lowest BCUT2D eigenvalue weighted by Gasteiger charge is -2.44. The Labute approximate surface area is 190 Å². The monoisotopic (exact) mass is 430 g/mol. The zero-order valence-corrected chi connectivity index (χ0v) is 20.5. The van der Waals surface area contributed by atoms with Gasteiger partial charge in [0.15, 0.2) is 0 Å². The van der Waals surface area contributed by atoms with E-state index in [-0.39, 0.29) is 0 Å². The summed E-state index contributed by atoms with van der Waals surface area (Å²) in [5.74, 6) is 2.42. The summed E-state index contributed by atoms with van der Waals surface area (Å²) in [6, 6.07) is 0. The largest absolute Gasteiger partial charge is 0.390 e. The van der Waals surface area contributed by atoms with E-state index in [2.05, 4.69) is 39.5 Å². The summed E-state index contributed by atoms with van der Waals surface area (Å²) in [6.45, 7) is 14.8. The van der Waals surface area contributed by atoms with Crippen LogP contribution in [-0.2, 0) is 0 Å². The van der Waals surface area contributed by atoms with E-state index in [9.17, 15) is 15.3 Å². The van der Waals surface area contributed by atoms with Gasteiger partial charge in [0.2, 0.25) is 0 Å². The molecule has 31 heavy (non-hydrogen) atoms. The molecule has 0 saturated heterocycles. The van der Waals surface area contributed by atoms with Gasteiger partial charge in [0.25, 0.3) is 0 Å². The highest BCUT2D eigenvalue weighted by Gasteiger charge is 2.50. The summed E-state index contributed by atoms with van der Waals surface area (Å²) in [7, 11) is 0. The van der Waals surface area contributed by atoms with Crippen LogP contribution in [0.1, 0.15) is 92.4 Å². The van der Waals surface area contributed by atoms with E-state index in [1.54, 1.807) is 5.57 Å². The molecule has 7 atom stereocenters. The van der Waals surface area contributed by atoms with Crippen LogP contribution in [0.25, 0.3) is 0 Å². The van der Waals surface area contributed by atoms with Crippen LogP contribution in [0.2, 0.25) is 0 Å². The average molecular weight is 431 g/mol. The van der Waals surface area contributed by atoms with Crippen LogP contribution in [0.4, 0.5) is 0 Å². The Balaban J connectivity index is 1.68. The minimum atomic E-state index is -0.618. The Hall–Kier alpha value is -0.900. The molecule has 0 bridgehead atoms. The fraction of sp³-hybridized carbons (Fsp3) is 0.786. The lowest BCUT2D eigenvalue weighted by atomic mass is 9.60. The van der Waals surface area contributed by atoms with Crippen LogP contribution in [-0.4, -0.2) is 33.1 Å². The van der Waals surface area contributed by atoms with Gasteiger partial charge in [-0.2, -0.15) is 0 Å². The lowest BCUT2D eigenvalue weighted by molar-refractivity contribution is 0.0150. The molecule has 0 aromatic heterocycles. The van der Waals surface area contributed by atoms with Gasteiger partial charge in [-0.25, -0.2) is 0 Å². The van der Waals surface area contributed by atoms with Gasteiger partial charge in [-0.1, -0.05) is 57.1 Å². The van der Waals surface area contributed by atoms with E-state index in [1.165, 1.54) is 38.5 Å². The third-order valence-electron chi connectivity index (χ3n) is 9.29. The molecule has 3 heteroatoms. The third kappa shape index (κ3) is 5.37. The summed E-state index contributed by atoms with van der Waals surface area (Å²) in [4.78, 5) is 0. The second kappa shape index (κ2) is 9.53. The van der Waals surface area contributed by atoms with Crippen molar-refractivity contribution in [2.24, 2.45) is 29.1 Å². The van der Waals surface area contributed by atoms with Gasteiger partial charge in [-0.05, 0) is 99.9 Å². The van der Waals surface area contributed by atoms with Crippen LogP contribution in [0, 0.1) is 29.1 Å². The predicted molar refractivity (Wildman–Crippen MR) is 129 cm³/mol. The molecule has 3 aliphatic carbocycles. The highest BCUT2D eigenvalue weighted by atomic mass is 16.3. The molecule has 3 fully saturated rings. The van der Waals surface area contributed by atoms with Crippen molar-refractivity contribution in [1.82, 2.24) is 0 Å². The molecule has 3 rings (SSSR count). The Morgan fingerprint density at radius 3 is 2.35 bits per heavy atom. The van der Waals surface area contributed by atoms with Crippen molar-refractivity contribution in [2.45, 2.75) is 110 Å². The highest BCUT2D eigenvalue weighted by molar-refractivity contribution is 5.29. The molecule has 0 spiro atoms. The molecule has 176 valence electrons. The number of allylic oxidation sites excluding steroid dienone is 3. The minimum Gasteiger partial charge on any atom is -0.390 e. The van der Waals surface area contributed by atoms with E-state index in [1.807, 2.05) is 13.8 Å². The number of hydrogen-bond donors (Lipinski definition) is 3. The predicted octanol–water partition coefficient (Wildman–Crippen LogP) is 5.95. The SMILES string of the molecule is C=C1C(O)CC(=C/C=C2\CCCC3(C)C2CCC3[C@H](C)CCC(C)C(C)(C)O)C[C@H]1O. The van der Waals surface area contributed by atoms with E-state index in [4.69, 9.17) is 0 Å². The average Bonchev–Trinajstić information content (AvgIpc) is 3.05.